The van der Waals surface area contributed by atoms with Gasteiger partial charge in [0, 0.05) is 13.5 Å². The Labute approximate surface area is 61.9 Å². The highest BCUT2D eigenvalue weighted by molar-refractivity contribution is 5.14. The van der Waals surface area contributed by atoms with E-state index in [-0.39, 0.29) is 0 Å². The number of rotatable bonds is 4. The van der Waals surface area contributed by atoms with Gasteiger partial charge in [0.1, 0.15) is 0 Å². The third kappa shape index (κ3) is 4.92. The molecule has 2 heteroatoms. The van der Waals surface area contributed by atoms with Crippen molar-refractivity contribution in [3.05, 3.63) is 24.4 Å². The lowest BCUT2D eigenvalue weighted by Crippen LogP contribution is -1.91. The Hall–Kier alpha value is -1.23. The summed E-state index contributed by atoms with van der Waals surface area (Å²) in [6.07, 6.45) is 4.98. The zero-order valence-electron chi connectivity index (χ0n) is 6.22. The van der Waals surface area contributed by atoms with Gasteiger partial charge in [-0.1, -0.05) is 12.2 Å². The van der Waals surface area contributed by atoms with E-state index >= 15 is 0 Å². The predicted octanol–water partition coefficient (Wildman–Crippen LogP) is 1.58. The number of allylic oxidation sites excluding steroid dienone is 2. The van der Waals surface area contributed by atoms with E-state index in [2.05, 4.69) is 18.0 Å². The van der Waals surface area contributed by atoms with Gasteiger partial charge in [0.2, 0.25) is 0 Å². The van der Waals surface area contributed by atoms with E-state index in [1.807, 2.05) is 13.1 Å². The second-order valence-corrected chi connectivity index (χ2v) is 1.94. The Bertz CT molecular complexity index is 163. The first-order valence-corrected chi connectivity index (χ1v) is 3.19. The van der Waals surface area contributed by atoms with E-state index in [0.29, 0.717) is 6.42 Å². The molecular formula is C8H12N2. The molecule has 0 atom stereocenters. The molecule has 10 heavy (non-hydrogen) atoms. The summed E-state index contributed by atoms with van der Waals surface area (Å²) >= 11 is 0. The molecule has 0 bridgehead atoms. The van der Waals surface area contributed by atoms with Crippen LogP contribution in [-0.4, -0.2) is 7.05 Å². The van der Waals surface area contributed by atoms with E-state index in [0.717, 1.165) is 12.0 Å². The van der Waals surface area contributed by atoms with Gasteiger partial charge in [0.15, 0.2) is 0 Å². The molecule has 0 fully saturated rings. The van der Waals surface area contributed by atoms with Crippen molar-refractivity contribution < 1.29 is 0 Å². The van der Waals surface area contributed by atoms with Gasteiger partial charge in [-0.25, -0.2) is 0 Å². The summed E-state index contributed by atoms with van der Waals surface area (Å²) in [7, 11) is 1.83. The molecule has 0 aliphatic carbocycles. The van der Waals surface area contributed by atoms with E-state index in [9.17, 15) is 0 Å². The van der Waals surface area contributed by atoms with Gasteiger partial charge in [0.05, 0.1) is 6.07 Å². The molecule has 0 spiro atoms. The van der Waals surface area contributed by atoms with Crippen LogP contribution < -0.4 is 5.32 Å². The molecule has 0 aromatic rings. The maximum absolute atomic E-state index is 8.21. The molecular weight excluding hydrogens is 124 g/mol. The molecule has 1 N–H and O–H groups in total. The van der Waals surface area contributed by atoms with Crippen LogP contribution in [0.1, 0.15) is 12.8 Å². The lowest BCUT2D eigenvalue weighted by atomic mass is 10.2. The number of hydrogen-bond donors (Lipinski definition) is 1. The van der Waals surface area contributed by atoms with Gasteiger partial charge in [-0.05, 0) is 18.7 Å². The molecule has 0 rings (SSSR count). The maximum atomic E-state index is 8.21. The molecule has 0 aliphatic heterocycles. The Morgan fingerprint density at radius 1 is 1.80 bits per heavy atom. The van der Waals surface area contributed by atoms with E-state index < -0.39 is 0 Å². The molecule has 0 aromatic carbocycles. The predicted molar refractivity (Wildman–Crippen MR) is 42.2 cm³/mol. The van der Waals surface area contributed by atoms with Gasteiger partial charge in [-0.2, -0.15) is 5.26 Å². The summed E-state index contributed by atoms with van der Waals surface area (Å²) < 4.78 is 0. The summed E-state index contributed by atoms with van der Waals surface area (Å²) in [4.78, 5) is 0. The molecule has 0 aliphatic rings. The summed E-state index contributed by atoms with van der Waals surface area (Å²) in [5, 5.41) is 11.1. The van der Waals surface area contributed by atoms with E-state index in [1.165, 1.54) is 0 Å². The summed E-state index contributed by atoms with van der Waals surface area (Å²) in [5.74, 6) is 0. The Morgan fingerprint density at radius 2 is 2.50 bits per heavy atom. The first-order valence-electron chi connectivity index (χ1n) is 3.19. The average molecular weight is 136 g/mol. The van der Waals surface area contributed by atoms with Crippen molar-refractivity contribution in [2.45, 2.75) is 12.8 Å². The lowest BCUT2D eigenvalue weighted by Gasteiger charge is -1.92. The number of hydrogen-bond acceptors (Lipinski definition) is 2. The van der Waals surface area contributed by atoms with Crippen molar-refractivity contribution in [1.29, 1.82) is 5.26 Å². The minimum absolute atomic E-state index is 0.548. The minimum Gasteiger partial charge on any atom is -0.394 e. The molecule has 0 unspecified atom stereocenters. The number of nitrogens with zero attached hydrogens (tertiary/aromatic N) is 1. The molecule has 0 radical (unpaired) electrons. The van der Waals surface area contributed by atoms with Crippen molar-refractivity contribution in [1.82, 2.24) is 5.32 Å². The van der Waals surface area contributed by atoms with Gasteiger partial charge in [-0.15, -0.1) is 0 Å². The minimum atomic E-state index is 0.548. The fraction of sp³-hybridized carbons (Fsp3) is 0.375. The largest absolute Gasteiger partial charge is 0.394 e. The topological polar surface area (TPSA) is 35.8 Å². The van der Waals surface area contributed by atoms with Crippen molar-refractivity contribution in [2.24, 2.45) is 0 Å². The van der Waals surface area contributed by atoms with E-state index in [4.69, 9.17) is 5.26 Å². The van der Waals surface area contributed by atoms with Crippen LogP contribution in [0, 0.1) is 11.3 Å². The molecule has 0 heterocycles. The first kappa shape index (κ1) is 8.77. The van der Waals surface area contributed by atoms with Crippen LogP contribution in [0.5, 0.6) is 0 Å². The molecule has 2 nitrogen and oxygen atoms in total. The van der Waals surface area contributed by atoms with Crippen LogP contribution >= 0.6 is 0 Å². The summed E-state index contributed by atoms with van der Waals surface area (Å²) in [6, 6.07) is 2.06. The zero-order chi connectivity index (χ0) is 7.82. The lowest BCUT2D eigenvalue weighted by molar-refractivity contribution is 1.01. The fourth-order valence-corrected chi connectivity index (χ4v) is 0.501. The number of nitriles is 1. The van der Waals surface area contributed by atoms with Gasteiger partial charge in [-0.3, -0.25) is 0 Å². The van der Waals surface area contributed by atoms with Crippen LogP contribution in [0.4, 0.5) is 0 Å². The van der Waals surface area contributed by atoms with Gasteiger partial charge >= 0.3 is 0 Å². The standard InChI is InChI=1S/C8H12N2/c1-8(4-3-6-9)5-7-10-2/h5,7,10H,1,3-4H2,2H3/b7-5-. The fourth-order valence-electron chi connectivity index (χ4n) is 0.501. The van der Waals surface area contributed by atoms with Crippen molar-refractivity contribution in [3.8, 4) is 6.07 Å². The van der Waals surface area contributed by atoms with Crippen LogP contribution in [0.25, 0.3) is 0 Å². The molecule has 0 aromatic heterocycles. The molecule has 54 valence electrons. The number of nitrogens with one attached hydrogen (secondary N) is 1. The average Bonchev–Trinajstić information content (AvgIpc) is 1.97. The van der Waals surface area contributed by atoms with Crippen molar-refractivity contribution in [2.75, 3.05) is 7.05 Å². The van der Waals surface area contributed by atoms with Gasteiger partial charge < -0.3 is 5.32 Å². The second kappa shape index (κ2) is 5.90. The zero-order valence-corrected chi connectivity index (χ0v) is 6.22. The molecule has 0 saturated heterocycles. The summed E-state index contributed by atoms with van der Waals surface area (Å²) in [6.45, 7) is 3.75. The second-order valence-electron chi connectivity index (χ2n) is 1.94. The Balaban J connectivity index is 3.46. The summed E-state index contributed by atoms with van der Waals surface area (Å²) in [5.41, 5.74) is 0.982. The highest BCUT2D eigenvalue weighted by Gasteiger charge is 1.85. The third-order valence-electron chi connectivity index (χ3n) is 1.04. The SMILES string of the molecule is C=C(/C=C\NC)CCC#N. The van der Waals surface area contributed by atoms with Gasteiger partial charge in [0.25, 0.3) is 0 Å². The molecule has 0 saturated carbocycles. The normalized spacial score (nSPS) is 9.20. The van der Waals surface area contributed by atoms with Crippen LogP contribution in [0.15, 0.2) is 24.4 Å². The Kier molecular flexibility index (Phi) is 5.17. The Morgan fingerprint density at radius 3 is 3.00 bits per heavy atom. The highest BCUT2D eigenvalue weighted by Crippen LogP contribution is 2.01. The van der Waals surface area contributed by atoms with Crippen LogP contribution in [0.3, 0.4) is 0 Å². The third-order valence-corrected chi connectivity index (χ3v) is 1.04. The monoisotopic (exact) mass is 136 g/mol. The van der Waals surface area contributed by atoms with E-state index in [1.54, 1.807) is 6.20 Å². The first-order chi connectivity index (χ1) is 4.81. The maximum Gasteiger partial charge on any atom is 0.0625 e. The van der Waals surface area contributed by atoms with Crippen molar-refractivity contribution >= 4 is 0 Å². The highest BCUT2D eigenvalue weighted by atomic mass is 14.8. The quantitative estimate of drug-likeness (QED) is 0.595. The van der Waals surface area contributed by atoms with Crippen molar-refractivity contribution in [3.63, 3.8) is 0 Å². The van der Waals surface area contributed by atoms with Crippen LogP contribution in [0.2, 0.25) is 0 Å². The van der Waals surface area contributed by atoms with Crippen LogP contribution in [-0.2, 0) is 0 Å². The smallest absolute Gasteiger partial charge is 0.0625 e. The molecule has 0 amide bonds.